The van der Waals surface area contributed by atoms with E-state index in [2.05, 4.69) is 33.1 Å². The summed E-state index contributed by atoms with van der Waals surface area (Å²) in [5.41, 5.74) is 3.57. The lowest BCUT2D eigenvalue weighted by Gasteiger charge is -2.03. The summed E-state index contributed by atoms with van der Waals surface area (Å²) in [4.78, 5) is 11.7. The number of halogens is 2. The van der Waals surface area contributed by atoms with Crippen molar-refractivity contribution < 1.29 is 13.9 Å². The van der Waals surface area contributed by atoms with Gasteiger partial charge in [-0.15, -0.1) is 0 Å². The Labute approximate surface area is 135 Å². The number of benzene rings is 2. The summed E-state index contributed by atoms with van der Waals surface area (Å²) in [6.45, 7) is 0. The fourth-order valence-corrected chi connectivity index (χ4v) is 2.35. The molecule has 0 aliphatic heterocycles. The van der Waals surface area contributed by atoms with E-state index in [1.807, 2.05) is 18.2 Å². The number of carbonyl (C=O) groups is 1. The van der Waals surface area contributed by atoms with Crippen molar-refractivity contribution in [3.05, 3.63) is 63.0 Å². The maximum atomic E-state index is 12.8. The largest absolute Gasteiger partial charge is 0.496 e. The molecule has 0 bridgehead atoms. The highest BCUT2D eigenvalue weighted by molar-refractivity contribution is 14.1. The van der Waals surface area contributed by atoms with Gasteiger partial charge >= 0.3 is 0 Å². The lowest BCUT2D eigenvalue weighted by atomic mass is 10.2. The normalized spacial score (nSPS) is 10.6. The maximum absolute atomic E-state index is 12.8. The average molecular weight is 398 g/mol. The van der Waals surface area contributed by atoms with Crippen molar-refractivity contribution >= 4 is 34.7 Å². The van der Waals surface area contributed by atoms with E-state index in [4.69, 9.17) is 4.74 Å². The number of hydrogen-bond acceptors (Lipinski definition) is 3. The van der Waals surface area contributed by atoms with Gasteiger partial charge in [0.2, 0.25) is 0 Å². The molecule has 1 N–H and O–H groups in total. The molecular formula is C15H12FIN2O2. The molecule has 0 unspecified atom stereocenters. The van der Waals surface area contributed by atoms with Crippen LogP contribution in [0.4, 0.5) is 4.39 Å². The van der Waals surface area contributed by atoms with E-state index >= 15 is 0 Å². The van der Waals surface area contributed by atoms with Crippen LogP contribution in [0.25, 0.3) is 0 Å². The first-order chi connectivity index (χ1) is 10.1. The second-order valence-corrected chi connectivity index (χ2v) is 5.26. The van der Waals surface area contributed by atoms with Gasteiger partial charge in [-0.05, 0) is 70.6 Å². The van der Waals surface area contributed by atoms with E-state index in [0.717, 1.165) is 14.9 Å². The Morgan fingerprint density at radius 1 is 1.29 bits per heavy atom. The highest BCUT2D eigenvalue weighted by Crippen LogP contribution is 2.20. The first kappa shape index (κ1) is 15.4. The van der Waals surface area contributed by atoms with Crippen molar-refractivity contribution in [1.29, 1.82) is 0 Å². The van der Waals surface area contributed by atoms with Crippen molar-refractivity contribution in [2.24, 2.45) is 5.10 Å². The highest BCUT2D eigenvalue weighted by atomic mass is 127. The minimum Gasteiger partial charge on any atom is -0.496 e. The Hall–Kier alpha value is -1.96. The second kappa shape index (κ2) is 7.16. The van der Waals surface area contributed by atoms with Crippen molar-refractivity contribution in [2.75, 3.05) is 7.11 Å². The van der Waals surface area contributed by atoms with Crippen molar-refractivity contribution in [2.45, 2.75) is 0 Å². The van der Waals surface area contributed by atoms with E-state index in [1.165, 1.54) is 30.5 Å². The molecule has 21 heavy (non-hydrogen) atoms. The molecule has 0 atom stereocenters. The molecule has 2 aromatic rings. The Balaban J connectivity index is 2.00. The summed E-state index contributed by atoms with van der Waals surface area (Å²) in [5, 5.41) is 3.87. The van der Waals surface area contributed by atoms with E-state index in [0.29, 0.717) is 5.56 Å². The molecule has 6 heteroatoms. The molecular weight excluding hydrogens is 386 g/mol. The van der Waals surface area contributed by atoms with Gasteiger partial charge in [-0.25, -0.2) is 9.82 Å². The molecule has 0 radical (unpaired) electrons. The fourth-order valence-electron chi connectivity index (χ4n) is 1.59. The van der Waals surface area contributed by atoms with Crippen LogP contribution in [0.1, 0.15) is 15.9 Å². The summed E-state index contributed by atoms with van der Waals surface area (Å²) in [6, 6.07) is 10.8. The minimum atomic E-state index is -0.394. The van der Waals surface area contributed by atoms with Gasteiger partial charge < -0.3 is 4.74 Å². The molecule has 0 aromatic heterocycles. The molecule has 2 rings (SSSR count). The summed E-state index contributed by atoms with van der Waals surface area (Å²) in [5.74, 6) is 0.000385. The number of nitrogens with zero attached hydrogens (tertiary/aromatic N) is 1. The van der Waals surface area contributed by atoms with Gasteiger partial charge in [0.1, 0.15) is 11.6 Å². The standard InChI is InChI=1S/C15H12FIN2O2/c1-21-14-7-2-10(8-13(14)17)9-18-19-15(20)11-3-5-12(16)6-4-11/h2-9H,1H3,(H,19,20)/b18-9-. The van der Waals surface area contributed by atoms with Crippen LogP contribution in [0.3, 0.4) is 0 Å². The predicted molar refractivity (Wildman–Crippen MR) is 87.2 cm³/mol. The molecule has 108 valence electrons. The first-order valence-corrected chi connectivity index (χ1v) is 7.10. The van der Waals surface area contributed by atoms with Crippen LogP contribution < -0.4 is 10.2 Å². The lowest BCUT2D eigenvalue weighted by Crippen LogP contribution is -2.17. The number of rotatable bonds is 4. The number of methoxy groups -OCH3 is 1. The van der Waals surface area contributed by atoms with Gasteiger partial charge in [-0.3, -0.25) is 4.79 Å². The summed E-state index contributed by atoms with van der Waals surface area (Å²) < 4.78 is 18.9. The Kier molecular flexibility index (Phi) is 5.26. The number of amides is 1. The third-order valence-corrected chi connectivity index (χ3v) is 3.50. The van der Waals surface area contributed by atoms with Gasteiger partial charge in [0.15, 0.2) is 0 Å². The van der Waals surface area contributed by atoms with Crippen LogP contribution in [0.15, 0.2) is 47.6 Å². The number of hydrazone groups is 1. The van der Waals surface area contributed by atoms with Crippen molar-refractivity contribution in [3.8, 4) is 5.75 Å². The minimum absolute atomic E-state index is 0.345. The van der Waals surface area contributed by atoms with Gasteiger partial charge in [0, 0.05) is 5.56 Å². The van der Waals surface area contributed by atoms with Gasteiger partial charge in [0.05, 0.1) is 16.9 Å². The predicted octanol–water partition coefficient (Wildman–Crippen LogP) is 3.20. The first-order valence-electron chi connectivity index (χ1n) is 6.02. The van der Waals surface area contributed by atoms with Crippen molar-refractivity contribution in [1.82, 2.24) is 5.43 Å². The topological polar surface area (TPSA) is 50.7 Å². The number of hydrogen-bond donors (Lipinski definition) is 1. The molecule has 0 aliphatic rings. The highest BCUT2D eigenvalue weighted by Gasteiger charge is 2.04. The zero-order valence-electron chi connectivity index (χ0n) is 11.1. The van der Waals surface area contributed by atoms with Crippen LogP contribution >= 0.6 is 22.6 Å². The monoisotopic (exact) mass is 398 g/mol. The van der Waals surface area contributed by atoms with E-state index in [-0.39, 0.29) is 5.82 Å². The Morgan fingerprint density at radius 3 is 2.62 bits per heavy atom. The third-order valence-electron chi connectivity index (χ3n) is 2.66. The SMILES string of the molecule is COc1ccc(/C=N\NC(=O)c2ccc(F)cc2)cc1I. The van der Waals surface area contributed by atoms with Crippen LogP contribution in [-0.4, -0.2) is 19.2 Å². The van der Waals surface area contributed by atoms with Crippen molar-refractivity contribution in [3.63, 3.8) is 0 Å². The van der Waals surface area contributed by atoms with Gasteiger partial charge in [-0.1, -0.05) is 0 Å². The Bertz CT molecular complexity index is 672. The Morgan fingerprint density at radius 2 is 2.00 bits per heavy atom. The number of carbonyl (C=O) groups excluding carboxylic acids is 1. The van der Waals surface area contributed by atoms with Crippen LogP contribution in [0.2, 0.25) is 0 Å². The molecule has 0 aliphatic carbocycles. The molecule has 1 amide bonds. The lowest BCUT2D eigenvalue weighted by molar-refractivity contribution is 0.0955. The summed E-state index contributed by atoms with van der Waals surface area (Å²) in [6.07, 6.45) is 1.53. The molecule has 0 fully saturated rings. The molecule has 0 saturated heterocycles. The maximum Gasteiger partial charge on any atom is 0.271 e. The molecule has 2 aromatic carbocycles. The quantitative estimate of drug-likeness (QED) is 0.489. The molecule has 4 nitrogen and oxygen atoms in total. The van der Waals surface area contributed by atoms with E-state index in [9.17, 15) is 9.18 Å². The third kappa shape index (κ3) is 4.25. The van der Waals surface area contributed by atoms with Gasteiger partial charge in [0.25, 0.3) is 5.91 Å². The van der Waals surface area contributed by atoms with Gasteiger partial charge in [-0.2, -0.15) is 5.10 Å². The smallest absolute Gasteiger partial charge is 0.271 e. The fraction of sp³-hybridized carbons (Fsp3) is 0.0667. The van der Waals surface area contributed by atoms with Crippen LogP contribution in [0.5, 0.6) is 5.75 Å². The zero-order valence-corrected chi connectivity index (χ0v) is 13.3. The molecule has 0 saturated carbocycles. The molecule has 0 heterocycles. The molecule has 0 spiro atoms. The van der Waals surface area contributed by atoms with E-state index < -0.39 is 5.91 Å². The summed E-state index contributed by atoms with van der Waals surface area (Å²) in [7, 11) is 1.61. The second-order valence-electron chi connectivity index (χ2n) is 4.10. The zero-order chi connectivity index (χ0) is 15.2. The number of ether oxygens (including phenoxy) is 1. The van der Waals surface area contributed by atoms with Crippen LogP contribution in [0, 0.1) is 9.39 Å². The van der Waals surface area contributed by atoms with Crippen LogP contribution in [-0.2, 0) is 0 Å². The van der Waals surface area contributed by atoms with E-state index in [1.54, 1.807) is 7.11 Å². The summed E-state index contributed by atoms with van der Waals surface area (Å²) >= 11 is 2.15. The average Bonchev–Trinajstić information content (AvgIpc) is 2.48. The number of nitrogens with one attached hydrogen (secondary N) is 1.